The standard InChI is InChI=1S/C34H47F9O3S/c1-30-17-15-26-25-12-11-24(44)21-23(25)20-22(29(26)27(30)13-14-28(30)45)10-7-5-3-2-4-6-8-18-47(46)19-9-16-31(35,36)32(37,38)33(39,40)34(41,42)43/h11-12,21-22,26-29,44-45H,2-10,13-20H2,1H3/t22-,26-,27+,28+,29-,30+,47?/m1/s1. The summed E-state index contributed by atoms with van der Waals surface area (Å²) in [5.41, 5.74) is 2.56. The molecule has 7 atom stereocenters. The number of hydrogen-bond donors (Lipinski definition) is 2. The van der Waals surface area contributed by atoms with E-state index in [1.54, 1.807) is 6.07 Å². The Hall–Kier alpha value is -1.50. The highest BCUT2D eigenvalue weighted by Gasteiger charge is 2.81. The van der Waals surface area contributed by atoms with E-state index < -0.39 is 53.3 Å². The van der Waals surface area contributed by atoms with Gasteiger partial charge in [-0.3, -0.25) is 4.21 Å². The first-order valence-electron chi connectivity index (χ1n) is 16.9. The van der Waals surface area contributed by atoms with Crippen molar-refractivity contribution in [3.05, 3.63) is 29.3 Å². The van der Waals surface area contributed by atoms with Crippen LogP contribution in [0.3, 0.4) is 0 Å². The van der Waals surface area contributed by atoms with Crippen LogP contribution in [0.5, 0.6) is 5.75 Å². The van der Waals surface area contributed by atoms with Crippen LogP contribution in [0.2, 0.25) is 0 Å². The molecular formula is C34H47F9O3S. The van der Waals surface area contributed by atoms with E-state index in [4.69, 9.17) is 0 Å². The Morgan fingerprint density at radius 1 is 0.830 bits per heavy atom. The molecule has 1 unspecified atom stereocenters. The van der Waals surface area contributed by atoms with Crippen molar-refractivity contribution in [3.8, 4) is 5.75 Å². The zero-order valence-corrected chi connectivity index (χ0v) is 27.6. The normalized spacial score (nSPS) is 28.9. The first-order valence-corrected chi connectivity index (χ1v) is 18.4. The molecule has 1 aromatic rings. The summed E-state index contributed by atoms with van der Waals surface area (Å²) >= 11 is 0. The van der Waals surface area contributed by atoms with E-state index in [2.05, 4.69) is 13.0 Å². The van der Waals surface area contributed by atoms with Crippen molar-refractivity contribution in [2.45, 2.75) is 139 Å². The molecule has 4 rings (SSSR count). The summed E-state index contributed by atoms with van der Waals surface area (Å²) in [4.78, 5) is 0. The topological polar surface area (TPSA) is 57.5 Å². The van der Waals surface area contributed by atoms with Gasteiger partial charge in [-0.25, -0.2) is 0 Å². The highest BCUT2D eigenvalue weighted by atomic mass is 32.2. The molecule has 0 heterocycles. The van der Waals surface area contributed by atoms with Gasteiger partial charge in [-0.2, -0.15) is 39.5 Å². The Kier molecular flexibility index (Phi) is 12.0. The van der Waals surface area contributed by atoms with Gasteiger partial charge in [0.1, 0.15) is 5.75 Å². The van der Waals surface area contributed by atoms with Gasteiger partial charge in [-0.15, -0.1) is 0 Å². The lowest BCUT2D eigenvalue weighted by molar-refractivity contribution is -0.396. The molecule has 47 heavy (non-hydrogen) atoms. The smallest absolute Gasteiger partial charge is 0.460 e. The lowest BCUT2D eigenvalue weighted by atomic mass is 9.52. The summed E-state index contributed by atoms with van der Waals surface area (Å²) in [5.74, 6) is -17.3. The Morgan fingerprint density at radius 2 is 1.45 bits per heavy atom. The zero-order valence-electron chi connectivity index (χ0n) is 26.8. The van der Waals surface area contributed by atoms with Crippen molar-refractivity contribution >= 4 is 10.8 Å². The minimum atomic E-state index is -6.89. The van der Waals surface area contributed by atoms with E-state index in [0.29, 0.717) is 42.3 Å². The average Bonchev–Trinajstić information content (AvgIpc) is 3.28. The molecule has 2 fully saturated rings. The number of hydrogen-bond acceptors (Lipinski definition) is 3. The molecule has 3 nitrogen and oxygen atoms in total. The van der Waals surface area contributed by atoms with E-state index in [1.165, 1.54) is 11.1 Å². The number of benzene rings is 1. The fourth-order valence-electron chi connectivity index (χ4n) is 8.71. The second-order valence-corrected chi connectivity index (χ2v) is 16.0. The number of phenols is 1. The predicted octanol–water partition coefficient (Wildman–Crippen LogP) is 9.95. The van der Waals surface area contributed by atoms with E-state index in [-0.39, 0.29) is 17.3 Å². The molecule has 1 aromatic carbocycles. The highest BCUT2D eigenvalue weighted by molar-refractivity contribution is 7.84. The van der Waals surface area contributed by atoms with Crippen LogP contribution in [0.1, 0.15) is 114 Å². The van der Waals surface area contributed by atoms with Crippen molar-refractivity contribution in [2.24, 2.45) is 23.2 Å². The third kappa shape index (κ3) is 7.96. The molecule has 0 spiro atoms. The molecule has 0 bridgehead atoms. The number of halogens is 9. The quantitative estimate of drug-likeness (QED) is 0.133. The monoisotopic (exact) mass is 706 g/mol. The molecule has 0 amide bonds. The van der Waals surface area contributed by atoms with Crippen molar-refractivity contribution < 1.29 is 53.9 Å². The summed E-state index contributed by atoms with van der Waals surface area (Å²) in [5, 5.41) is 21.0. The van der Waals surface area contributed by atoms with E-state index >= 15 is 0 Å². The number of unbranched alkanes of at least 4 members (excludes halogenated alkanes) is 6. The second kappa shape index (κ2) is 14.8. The molecule has 2 saturated carbocycles. The number of fused-ring (bicyclic) bond motifs is 5. The van der Waals surface area contributed by atoms with Crippen LogP contribution in [0.15, 0.2) is 18.2 Å². The molecule has 0 aromatic heterocycles. The molecule has 13 heteroatoms. The fourth-order valence-corrected chi connectivity index (χ4v) is 9.90. The molecule has 270 valence electrons. The van der Waals surface area contributed by atoms with Crippen molar-refractivity contribution in [1.29, 1.82) is 0 Å². The van der Waals surface area contributed by atoms with Gasteiger partial charge in [0.15, 0.2) is 0 Å². The third-order valence-corrected chi connectivity index (χ3v) is 12.8. The number of rotatable bonds is 16. The van der Waals surface area contributed by atoms with Gasteiger partial charge < -0.3 is 10.2 Å². The van der Waals surface area contributed by atoms with Crippen LogP contribution in [-0.4, -0.2) is 56.0 Å². The van der Waals surface area contributed by atoms with Gasteiger partial charge in [-0.1, -0.05) is 51.5 Å². The molecule has 0 radical (unpaired) electrons. The van der Waals surface area contributed by atoms with Crippen LogP contribution in [0.25, 0.3) is 0 Å². The Bertz CT molecular complexity index is 1220. The van der Waals surface area contributed by atoms with Gasteiger partial charge in [0, 0.05) is 28.7 Å². The minimum Gasteiger partial charge on any atom is -0.508 e. The van der Waals surface area contributed by atoms with Crippen molar-refractivity contribution in [1.82, 2.24) is 0 Å². The maximum atomic E-state index is 13.6. The summed E-state index contributed by atoms with van der Waals surface area (Å²) in [6.07, 6.45) is 2.22. The SMILES string of the molecule is C[C@]12CC[C@@H]3c4ccc(O)cc4C[C@@H](CCCCCCCCCS(=O)CCCC(F)(F)C(F)(F)C(F)(F)C(F)(F)F)[C@H]3[C@@H]1CC[C@@H]2O. The molecular weight excluding hydrogens is 659 g/mol. The van der Waals surface area contributed by atoms with Crippen LogP contribution in [-0.2, 0) is 17.2 Å². The van der Waals surface area contributed by atoms with E-state index in [0.717, 1.165) is 70.6 Å². The van der Waals surface area contributed by atoms with Gasteiger partial charge in [0.2, 0.25) is 0 Å². The maximum Gasteiger partial charge on any atom is 0.460 e. The zero-order chi connectivity index (χ0) is 34.8. The van der Waals surface area contributed by atoms with Crippen LogP contribution in [0.4, 0.5) is 39.5 Å². The summed E-state index contributed by atoms with van der Waals surface area (Å²) in [7, 11) is -1.68. The first-order chi connectivity index (χ1) is 21.8. The van der Waals surface area contributed by atoms with Crippen molar-refractivity contribution in [3.63, 3.8) is 0 Å². The molecule has 0 aliphatic heterocycles. The summed E-state index contributed by atoms with van der Waals surface area (Å²) in [6.45, 7) is 2.26. The van der Waals surface area contributed by atoms with Crippen molar-refractivity contribution in [2.75, 3.05) is 11.5 Å². The number of aliphatic hydroxyl groups is 1. The third-order valence-electron chi connectivity index (χ3n) is 11.4. The summed E-state index contributed by atoms with van der Waals surface area (Å²) < 4.78 is 129. The molecule has 2 N–H and O–H groups in total. The van der Waals surface area contributed by atoms with Crippen LogP contribution < -0.4 is 0 Å². The molecule has 0 saturated heterocycles. The first kappa shape index (κ1) is 38.3. The molecule has 3 aliphatic rings. The number of aliphatic hydroxyl groups excluding tert-OH is 1. The Balaban J connectivity index is 1.13. The Morgan fingerprint density at radius 3 is 2.11 bits per heavy atom. The number of phenolic OH excluding ortho intramolecular Hbond substituents is 1. The lowest BCUT2D eigenvalue weighted by Gasteiger charge is -2.53. The van der Waals surface area contributed by atoms with E-state index in [1.807, 2.05) is 6.07 Å². The number of alkyl halides is 9. The van der Waals surface area contributed by atoms with Gasteiger partial charge in [0.25, 0.3) is 0 Å². The van der Waals surface area contributed by atoms with Crippen LogP contribution in [0, 0.1) is 23.2 Å². The largest absolute Gasteiger partial charge is 0.508 e. The average molecular weight is 707 g/mol. The fraction of sp³-hybridized carbons (Fsp3) is 0.824. The van der Waals surface area contributed by atoms with Crippen LogP contribution >= 0.6 is 0 Å². The molecule has 3 aliphatic carbocycles. The summed E-state index contributed by atoms with van der Waals surface area (Å²) in [6, 6.07) is 5.79. The number of aromatic hydroxyl groups is 1. The maximum absolute atomic E-state index is 13.6. The van der Waals surface area contributed by atoms with Gasteiger partial charge >= 0.3 is 23.9 Å². The van der Waals surface area contributed by atoms with Gasteiger partial charge in [0.05, 0.1) is 6.10 Å². The Labute approximate surface area is 273 Å². The van der Waals surface area contributed by atoms with E-state index in [9.17, 15) is 53.9 Å². The second-order valence-electron chi connectivity index (χ2n) is 14.3. The minimum absolute atomic E-state index is 0.0361. The predicted molar refractivity (Wildman–Crippen MR) is 163 cm³/mol. The van der Waals surface area contributed by atoms with Gasteiger partial charge in [-0.05, 0) is 104 Å². The lowest BCUT2D eigenvalue weighted by Crippen LogP contribution is -2.60. The highest BCUT2D eigenvalue weighted by Crippen LogP contribution is 2.63.